The molecule has 0 aliphatic rings. The van der Waals surface area contributed by atoms with Crippen LogP contribution in [0.15, 0.2) is 29.1 Å². The molecule has 84 valence electrons. The van der Waals surface area contributed by atoms with E-state index in [9.17, 15) is 4.79 Å². The second-order valence-electron chi connectivity index (χ2n) is 3.10. The molecule has 0 saturated carbocycles. The summed E-state index contributed by atoms with van der Waals surface area (Å²) in [6.07, 6.45) is 4.59. The highest BCUT2D eigenvalue weighted by Crippen LogP contribution is 2.13. The molecule has 3 N–H and O–H groups in total. The van der Waals surface area contributed by atoms with Gasteiger partial charge >= 0.3 is 5.91 Å². The fraction of sp³-hybridized carbons (Fsp3) is 0.111. The number of rotatable bonds is 3. The van der Waals surface area contributed by atoms with E-state index in [0.29, 0.717) is 17.1 Å². The van der Waals surface area contributed by atoms with Crippen LogP contribution in [0, 0.1) is 0 Å². The minimum Gasteiger partial charge on any atom is -0.459 e. The van der Waals surface area contributed by atoms with E-state index in [2.05, 4.69) is 5.10 Å². The molecule has 0 aromatic carbocycles. The number of nitrogens with zero attached hydrogens (tertiary/aromatic N) is 2. The average Bonchev–Trinajstić information content (AvgIpc) is 2.87. The number of hydrazine groups is 1. The molecule has 0 bridgehead atoms. The Bertz CT molecular complexity index is 505. The molecule has 0 aliphatic heterocycles. The highest BCUT2D eigenvalue weighted by atomic mass is 35.5. The van der Waals surface area contributed by atoms with Crippen LogP contribution < -0.4 is 11.3 Å². The minimum atomic E-state index is -0.474. The van der Waals surface area contributed by atoms with Gasteiger partial charge in [0.25, 0.3) is 0 Å². The van der Waals surface area contributed by atoms with Gasteiger partial charge < -0.3 is 4.42 Å². The summed E-state index contributed by atoms with van der Waals surface area (Å²) in [5.41, 5.74) is 2.69. The number of nitrogens with two attached hydrogens (primary N) is 1. The Hall–Kier alpha value is -1.79. The van der Waals surface area contributed by atoms with Gasteiger partial charge in [0, 0.05) is 11.8 Å². The third-order valence-electron chi connectivity index (χ3n) is 2.02. The van der Waals surface area contributed by atoms with Crippen molar-refractivity contribution in [3.63, 3.8) is 0 Å². The van der Waals surface area contributed by atoms with E-state index in [1.165, 1.54) is 12.5 Å². The maximum Gasteiger partial charge on any atom is 0.301 e. The normalized spacial score (nSPS) is 10.4. The average molecular weight is 241 g/mol. The third-order valence-corrected chi connectivity index (χ3v) is 2.21. The summed E-state index contributed by atoms with van der Waals surface area (Å²) in [5, 5.41) is 4.53. The lowest BCUT2D eigenvalue weighted by molar-refractivity contribution is 0.0924. The number of amides is 1. The smallest absolute Gasteiger partial charge is 0.301 e. The Kier molecular flexibility index (Phi) is 2.93. The summed E-state index contributed by atoms with van der Waals surface area (Å²) in [7, 11) is 0. The lowest BCUT2D eigenvalue weighted by Crippen LogP contribution is -2.30. The molecule has 6 nitrogen and oxygen atoms in total. The van der Waals surface area contributed by atoms with Crippen LogP contribution in [-0.4, -0.2) is 15.7 Å². The molecule has 0 unspecified atom stereocenters. The number of carbonyl (C=O) groups excluding carboxylic acids is 1. The molecule has 1 amide bonds. The lowest BCUT2D eigenvalue weighted by Gasteiger charge is -2.01. The Labute approximate surface area is 95.9 Å². The van der Waals surface area contributed by atoms with Crippen molar-refractivity contribution in [2.45, 2.75) is 6.54 Å². The molecule has 2 aromatic rings. The summed E-state index contributed by atoms with van der Waals surface area (Å²) >= 11 is 5.72. The quantitative estimate of drug-likeness (QED) is 0.472. The fourth-order valence-electron chi connectivity index (χ4n) is 1.32. The van der Waals surface area contributed by atoms with Crippen LogP contribution in [0.3, 0.4) is 0 Å². The van der Waals surface area contributed by atoms with Crippen molar-refractivity contribution in [2.24, 2.45) is 5.84 Å². The standard InChI is InChI=1S/C9H9ClN4O2/c10-7-3-12-14(5-7)4-6-1-2-16-8(6)9(15)13-11/h1-3,5H,4,11H2,(H,13,15). The van der Waals surface area contributed by atoms with Crippen molar-refractivity contribution >= 4 is 17.5 Å². The second-order valence-corrected chi connectivity index (χ2v) is 3.54. The van der Waals surface area contributed by atoms with Gasteiger partial charge in [0.15, 0.2) is 5.76 Å². The lowest BCUT2D eigenvalue weighted by atomic mass is 10.2. The van der Waals surface area contributed by atoms with Crippen molar-refractivity contribution in [2.75, 3.05) is 0 Å². The molecule has 16 heavy (non-hydrogen) atoms. The number of hydrogen-bond acceptors (Lipinski definition) is 4. The first kappa shape index (κ1) is 10.7. The van der Waals surface area contributed by atoms with Crippen LogP contribution in [0.4, 0.5) is 0 Å². The summed E-state index contributed by atoms with van der Waals surface area (Å²) in [6.45, 7) is 0.395. The summed E-state index contributed by atoms with van der Waals surface area (Å²) < 4.78 is 6.63. The first-order chi connectivity index (χ1) is 7.70. The first-order valence-electron chi connectivity index (χ1n) is 4.46. The van der Waals surface area contributed by atoms with Crippen molar-refractivity contribution in [3.8, 4) is 0 Å². The van der Waals surface area contributed by atoms with Gasteiger partial charge in [-0.2, -0.15) is 5.10 Å². The van der Waals surface area contributed by atoms with Gasteiger partial charge in [-0.05, 0) is 6.07 Å². The Morgan fingerprint density at radius 3 is 3.12 bits per heavy atom. The maximum atomic E-state index is 11.3. The number of carbonyl (C=O) groups is 1. The van der Waals surface area contributed by atoms with E-state index >= 15 is 0 Å². The van der Waals surface area contributed by atoms with Crippen LogP contribution >= 0.6 is 11.6 Å². The van der Waals surface area contributed by atoms with Crippen molar-refractivity contribution in [3.05, 3.63) is 41.1 Å². The summed E-state index contributed by atoms with van der Waals surface area (Å²) in [4.78, 5) is 11.3. The van der Waals surface area contributed by atoms with Gasteiger partial charge in [0.1, 0.15) is 0 Å². The molecular formula is C9H9ClN4O2. The molecule has 2 aromatic heterocycles. The van der Waals surface area contributed by atoms with Crippen LogP contribution in [0.5, 0.6) is 0 Å². The zero-order chi connectivity index (χ0) is 11.5. The molecule has 0 fully saturated rings. The molecule has 0 atom stereocenters. The Morgan fingerprint density at radius 1 is 1.69 bits per heavy atom. The molecule has 2 heterocycles. The molecule has 7 heteroatoms. The van der Waals surface area contributed by atoms with E-state index in [1.54, 1.807) is 16.9 Å². The number of aromatic nitrogens is 2. The van der Waals surface area contributed by atoms with E-state index in [1.807, 2.05) is 5.43 Å². The monoisotopic (exact) mass is 240 g/mol. The number of nitrogens with one attached hydrogen (secondary N) is 1. The molecule has 0 saturated heterocycles. The zero-order valence-electron chi connectivity index (χ0n) is 8.18. The summed E-state index contributed by atoms with van der Waals surface area (Å²) in [6, 6.07) is 1.68. The van der Waals surface area contributed by atoms with Crippen LogP contribution in [0.1, 0.15) is 16.1 Å². The van der Waals surface area contributed by atoms with Gasteiger partial charge in [-0.3, -0.25) is 14.9 Å². The predicted molar refractivity (Wildman–Crippen MR) is 56.7 cm³/mol. The highest BCUT2D eigenvalue weighted by Gasteiger charge is 2.14. The Morgan fingerprint density at radius 2 is 2.50 bits per heavy atom. The van der Waals surface area contributed by atoms with Gasteiger partial charge in [0.2, 0.25) is 0 Å². The van der Waals surface area contributed by atoms with Gasteiger partial charge in [-0.15, -0.1) is 0 Å². The van der Waals surface area contributed by atoms with Crippen molar-refractivity contribution in [1.82, 2.24) is 15.2 Å². The number of hydrogen-bond donors (Lipinski definition) is 2. The fourth-order valence-corrected chi connectivity index (χ4v) is 1.48. The molecule has 2 rings (SSSR count). The second kappa shape index (κ2) is 4.38. The Balaban J connectivity index is 2.22. The number of nitrogen functional groups attached to an aromatic ring is 1. The van der Waals surface area contributed by atoms with E-state index < -0.39 is 5.91 Å². The number of halogens is 1. The zero-order valence-corrected chi connectivity index (χ0v) is 8.94. The summed E-state index contributed by atoms with van der Waals surface area (Å²) in [5.74, 6) is 4.73. The molecule has 0 spiro atoms. The van der Waals surface area contributed by atoms with Crippen molar-refractivity contribution in [1.29, 1.82) is 0 Å². The van der Waals surface area contributed by atoms with Gasteiger partial charge in [-0.1, -0.05) is 11.6 Å². The highest BCUT2D eigenvalue weighted by molar-refractivity contribution is 6.30. The van der Waals surface area contributed by atoms with E-state index in [-0.39, 0.29) is 5.76 Å². The molecule has 0 aliphatic carbocycles. The van der Waals surface area contributed by atoms with E-state index in [4.69, 9.17) is 21.9 Å². The maximum absolute atomic E-state index is 11.3. The first-order valence-corrected chi connectivity index (χ1v) is 4.84. The van der Waals surface area contributed by atoms with Crippen LogP contribution in [0.25, 0.3) is 0 Å². The third kappa shape index (κ3) is 2.07. The number of furan rings is 1. The molecule has 0 radical (unpaired) electrons. The van der Waals surface area contributed by atoms with Gasteiger partial charge in [0.05, 0.1) is 24.0 Å². The van der Waals surface area contributed by atoms with Crippen LogP contribution in [0.2, 0.25) is 5.02 Å². The topological polar surface area (TPSA) is 86.1 Å². The van der Waals surface area contributed by atoms with E-state index in [0.717, 1.165) is 0 Å². The predicted octanol–water partition coefficient (Wildman–Crippen LogP) is 0.781. The van der Waals surface area contributed by atoms with Crippen LogP contribution in [-0.2, 0) is 6.54 Å². The largest absolute Gasteiger partial charge is 0.459 e. The van der Waals surface area contributed by atoms with Gasteiger partial charge in [-0.25, -0.2) is 5.84 Å². The van der Waals surface area contributed by atoms with Crippen molar-refractivity contribution < 1.29 is 9.21 Å². The SMILES string of the molecule is NNC(=O)c1occc1Cn1cc(Cl)cn1. The molecular weight excluding hydrogens is 232 g/mol. The minimum absolute atomic E-state index is 0.175.